The van der Waals surface area contributed by atoms with Crippen LogP contribution in [0.3, 0.4) is 0 Å². The Morgan fingerprint density at radius 3 is 2.72 bits per heavy atom. The fraction of sp³-hybridized carbons (Fsp3) is 0.368. The van der Waals surface area contributed by atoms with Crippen molar-refractivity contribution in [2.75, 3.05) is 31.1 Å². The predicted octanol–water partition coefficient (Wildman–Crippen LogP) is 3.81. The topological polar surface area (TPSA) is 36.4 Å². The van der Waals surface area contributed by atoms with E-state index in [9.17, 15) is 4.79 Å². The SMILES string of the molecule is CCc1cccc2sc(N3CCN(C(=O)Cc4cccs4)CC3)nc12. The molecule has 1 amide bonds. The third-order valence-electron chi connectivity index (χ3n) is 4.68. The molecular weight excluding hydrogens is 350 g/mol. The highest BCUT2D eigenvalue weighted by Crippen LogP contribution is 2.31. The van der Waals surface area contributed by atoms with E-state index in [1.165, 1.54) is 10.3 Å². The Morgan fingerprint density at radius 2 is 2.00 bits per heavy atom. The number of aromatic nitrogens is 1. The zero-order valence-electron chi connectivity index (χ0n) is 14.3. The molecule has 1 saturated heterocycles. The van der Waals surface area contributed by atoms with Gasteiger partial charge in [-0.25, -0.2) is 4.98 Å². The minimum atomic E-state index is 0.236. The highest BCUT2D eigenvalue weighted by atomic mass is 32.1. The molecule has 4 rings (SSSR count). The Kier molecular flexibility index (Phi) is 4.72. The number of hydrogen-bond donors (Lipinski definition) is 0. The average Bonchev–Trinajstić information content (AvgIpc) is 3.30. The van der Waals surface area contributed by atoms with Gasteiger partial charge in [0, 0.05) is 31.1 Å². The third-order valence-corrected chi connectivity index (χ3v) is 6.64. The van der Waals surface area contributed by atoms with Crippen LogP contribution in [0, 0.1) is 0 Å². The van der Waals surface area contributed by atoms with E-state index >= 15 is 0 Å². The summed E-state index contributed by atoms with van der Waals surface area (Å²) in [6.45, 7) is 5.45. The van der Waals surface area contributed by atoms with E-state index in [0.717, 1.165) is 48.1 Å². The summed E-state index contributed by atoms with van der Waals surface area (Å²) in [6, 6.07) is 10.5. The zero-order valence-corrected chi connectivity index (χ0v) is 15.9. The van der Waals surface area contributed by atoms with Crippen LogP contribution in [0.25, 0.3) is 10.2 Å². The smallest absolute Gasteiger partial charge is 0.227 e. The van der Waals surface area contributed by atoms with Crippen LogP contribution in [0.4, 0.5) is 5.13 Å². The van der Waals surface area contributed by atoms with Gasteiger partial charge in [0.1, 0.15) is 0 Å². The summed E-state index contributed by atoms with van der Waals surface area (Å²) in [6.07, 6.45) is 1.53. The van der Waals surface area contributed by atoms with Crippen LogP contribution in [-0.4, -0.2) is 42.0 Å². The van der Waals surface area contributed by atoms with Crippen LogP contribution in [-0.2, 0) is 17.6 Å². The molecule has 2 aromatic heterocycles. The molecule has 0 spiro atoms. The van der Waals surface area contributed by atoms with Gasteiger partial charge in [-0.3, -0.25) is 4.79 Å². The lowest BCUT2D eigenvalue weighted by molar-refractivity contribution is -0.130. The van der Waals surface area contributed by atoms with E-state index in [0.29, 0.717) is 6.42 Å². The Hall–Kier alpha value is -1.92. The van der Waals surface area contributed by atoms with Crippen molar-refractivity contribution < 1.29 is 4.79 Å². The van der Waals surface area contributed by atoms with Crippen LogP contribution in [0.1, 0.15) is 17.4 Å². The van der Waals surface area contributed by atoms with Crippen molar-refractivity contribution in [3.05, 3.63) is 46.2 Å². The first kappa shape index (κ1) is 16.5. The van der Waals surface area contributed by atoms with Gasteiger partial charge in [0.2, 0.25) is 5.91 Å². The van der Waals surface area contributed by atoms with Crippen molar-refractivity contribution in [2.45, 2.75) is 19.8 Å². The number of carbonyl (C=O) groups excluding carboxylic acids is 1. The number of thiophene rings is 1. The molecule has 0 saturated carbocycles. The number of piperazine rings is 1. The lowest BCUT2D eigenvalue weighted by Crippen LogP contribution is -2.49. The van der Waals surface area contributed by atoms with Gasteiger partial charge in [0.25, 0.3) is 0 Å². The fourth-order valence-corrected chi connectivity index (χ4v) is 5.00. The molecule has 0 bridgehead atoms. The monoisotopic (exact) mass is 371 g/mol. The molecule has 0 aliphatic carbocycles. The maximum atomic E-state index is 12.4. The minimum Gasteiger partial charge on any atom is -0.345 e. The van der Waals surface area contributed by atoms with E-state index in [4.69, 9.17) is 4.98 Å². The molecule has 1 aliphatic heterocycles. The van der Waals surface area contributed by atoms with E-state index in [-0.39, 0.29) is 5.91 Å². The molecule has 0 N–H and O–H groups in total. The molecule has 4 nitrogen and oxygen atoms in total. The summed E-state index contributed by atoms with van der Waals surface area (Å²) in [5, 5.41) is 3.11. The first-order valence-corrected chi connectivity index (χ1v) is 10.4. The second kappa shape index (κ2) is 7.14. The number of rotatable bonds is 4. The minimum absolute atomic E-state index is 0.236. The molecule has 3 heterocycles. The summed E-state index contributed by atoms with van der Waals surface area (Å²) >= 11 is 3.41. The molecule has 25 heavy (non-hydrogen) atoms. The number of para-hydroxylation sites is 1. The Bertz CT molecular complexity index is 864. The molecule has 0 unspecified atom stereocenters. The molecule has 3 aromatic rings. The molecule has 1 fully saturated rings. The molecule has 6 heteroatoms. The van der Waals surface area contributed by atoms with Crippen LogP contribution < -0.4 is 4.90 Å². The fourth-order valence-electron chi connectivity index (χ4n) is 3.24. The molecule has 1 aliphatic rings. The number of anilines is 1. The van der Waals surface area contributed by atoms with E-state index in [2.05, 4.69) is 30.0 Å². The van der Waals surface area contributed by atoms with Crippen molar-refractivity contribution in [2.24, 2.45) is 0 Å². The van der Waals surface area contributed by atoms with Crippen LogP contribution in [0.5, 0.6) is 0 Å². The number of fused-ring (bicyclic) bond motifs is 1. The standard InChI is InChI=1S/C19H21N3OS2/c1-2-14-5-3-7-16-18(14)20-19(25-16)22-10-8-21(9-11-22)17(23)13-15-6-4-12-24-15/h3-7,12H,2,8-11,13H2,1H3. The number of aryl methyl sites for hydroxylation is 1. The number of hydrogen-bond acceptors (Lipinski definition) is 5. The first-order valence-electron chi connectivity index (χ1n) is 8.68. The largest absolute Gasteiger partial charge is 0.345 e. The Morgan fingerprint density at radius 1 is 1.16 bits per heavy atom. The van der Waals surface area contributed by atoms with Crippen LogP contribution >= 0.6 is 22.7 Å². The van der Waals surface area contributed by atoms with Crippen molar-refractivity contribution in [1.29, 1.82) is 0 Å². The predicted molar refractivity (Wildman–Crippen MR) is 106 cm³/mol. The summed E-state index contributed by atoms with van der Waals surface area (Å²) in [5.41, 5.74) is 2.45. The number of carbonyl (C=O) groups is 1. The van der Waals surface area contributed by atoms with E-state index in [1.54, 1.807) is 22.7 Å². The highest BCUT2D eigenvalue weighted by Gasteiger charge is 2.23. The van der Waals surface area contributed by atoms with Crippen molar-refractivity contribution in [1.82, 2.24) is 9.88 Å². The van der Waals surface area contributed by atoms with Crippen molar-refractivity contribution >= 4 is 43.9 Å². The van der Waals surface area contributed by atoms with Crippen molar-refractivity contribution in [3.63, 3.8) is 0 Å². The molecule has 0 atom stereocenters. The highest BCUT2D eigenvalue weighted by molar-refractivity contribution is 7.22. The lowest BCUT2D eigenvalue weighted by Gasteiger charge is -2.34. The van der Waals surface area contributed by atoms with Gasteiger partial charge in [0.15, 0.2) is 5.13 Å². The van der Waals surface area contributed by atoms with Gasteiger partial charge >= 0.3 is 0 Å². The Balaban J connectivity index is 1.42. The Labute approximate surface area is 155 Å². The van der Waals surface area contributed by atoms with E-state index < -0.39 is 0 Å². The second-order valence-electron chi connectivity index (χ2n) is 6.24. The summed E-state index contributed by atoms with van der Waals surface area (Å²) < 4.78 is 1.26. The van der Waals surface area contributed by atoms with Gasteiger partial charge in [0.05, 0.1) is 16.6 Å². The van der Waals surface area contributed by atoms with Crippen molar-refractivity contribution in [3.8, 4) is 0 Å². The summed E-state index contributed by atoms with van der Waals surface area (Å²) in [4.78, 5) is 22.8. The molecule has 0 radical (unpaired) electrons. The number of nitrogens with zero attached hydrogens (tertiary/aromatic N) is 3. The molecule has 1 aromatic carbocycles. The summed E-state index contributed by atoms with van der Waals surface area (Å²) in [5.74, 6) is 0.236. The normalized spacial score (nSPS) is 15.1. The van der Waals surface area contributed by atoms with Gasteiger partial charge in [-0.1, -0.05) is 36.5 Å². The van der Waals surface area contributed by atoms with Gasteiger partial charge in [-0.2, -0.15) is 0 Å². The second-order valence-corrected chi connectivity index (χ2v) is 8.28. The van der Waals surface area contributed by atoms with Gasteiger partial charge < -0.3 is 9.80 Å². The van der Waals surface area contributed by atoms with Gasteiger partial charge in [-0.05, 0) is 29.5 Å². The van der Waals surface area contributed by atoms with Gasteiger partial charge in [-0.15, -0.1) is 11.3 Å². The quantitative estimate of drug-likeness (QED) is 0.700. The average molecular weight is 372 g/mol. The maximum absolute atomic E-state index is 12.4. The lowest BCUT2D eigenvalue weighted by atomic mass is 10.1. The third kappa shape index (κ3) is 3.41. The van der Waals surface area contributed by atoms with Crippen LogP contribution in [0.2, 0.25) is 0 Å². The zero-order chi connectivity index (χ0) is 17.2. The molecular formula is C19H21N3OS2. The summed E-state index contributed by atoms with van der Waals surface area (Å²) in [7, 11) is 0. The first-order chi connectivity index (χ1) is 12.2. The van der Waals surface area contributed by atoms with E-state index in [1.807, 2.05) is 22.4 Å². The number of benzene rings is 1. The molecule has 130 valence electrons. The van der Waals surface area contributed by atoms with Crippen LogP contribution in [0.15, 0.2) is 35.7 Å². The maximum Gasteiger partial charge on any atom is 0.227 e. The number of thiazole rings is 1. The number of amides is 1.